The summed E-state index contributed by atoms with van der Waals surface area (Å²) in [6.45, 7) is 6.41. The lowest BCUT2D eigenvalue weighted by Gasteiger charge is -2.18. The second kappa shape index (κ2) is 6.49. The first-order valence-corrected chi connectivity index (χ1v) is 8.91. The summed E-state index contributed by atoms with van der Waals surface area (Å²) in [7, 11) is 0. The van der Waals surface area contributed by atoms with Gasteiger partial charge in [-0.3, -0.25) is 10.1 Å². The fourth-order valence-electron chi connectivity index (χ4n) is 2.10. The molecule has 0 radical (unpaired) electrons. The Morgan fingerprint density at radius 1 is 1.17 bits per heavy atom. The van der Waals surface area contributed by atoms with E-state index in [0.717, 1.165) is 11.5 Å². The SMILES string of the molecule is CC(C)(C)c1ccc(C(=O)Nc2nc(-c3ccc(Br)o3)ns2)cc1. The fraction of sp³-hybridized carbons (Fsp3) is 0.235. The predicted molar refractivity (Wildman–Crippen MR) is 98.4 cm³/mol. The first kappa shape index (κ1) is 16.9. The molecule has 5 nitrogen and oxygen atoms in total. The third kappa shape index (κ3) is 3.73. The lowest BCUT2D eigenvalue weighted by Crippen LogP contribution is -2.14. The summed E-state index contributed by atoms with van der Waals surface area (Å²) in [5.74, 6) is 0.788. The largest absolute Gasteiger partial charge is 0.446 e. The molecule has 0 aliphatic rings. The first-order valence-electron chi connectivity index (χ1n) is 7.34. The summed E-state index contributed by atoms with van der Waals surface area (Å²) < 4.78 is 10.2. The highest BCUT2D eigenvalue weighted by Crippen LogP contribution is 2.26. The highest BCUT2D eigenvalue weighted by Gasteiger charge is 2.16. The number of halogens is 1. The van der Waals surface area contributed by atoms with Crippen molar-refractivity contribution in [1.29, 1.82) is 0 Å². The van der Waals surface area contributed by atoms with Crippen LogP contribution in [0.5, 0.6) is 0 Å². The van der Waals surface area contributed by atoms with Gasteiger partial charge in [0.2, 0.25) is 11.0 Å². The number of carbonyl (C=O) groups excluding carboxylic acids is 1. The Balaban J connectivity index is 1.72. The molecule has 7 heteroatoms. The Morgan fingerprint density at radius 3 is 2.46 bits per heavy atom. The number of nitrogens with one attached hydrogen (secondary N) is 1. The van der Waals surface area contributed by atoms with Gasteiger partial charge in [-0.05, 0) is 51.2 Å². The minimum atomic E-state index is -0.209. The van der Waals surface area contributed by atoms with Crippen LogP contribution in [-0.2, 0) is 5.41 Å². The Bertz CT molecular complexity index is 863. The molecule has 0 aliphatic heterocycles. The van der Waals surface area contributed by atoms with Crippen molar-refractivity contribution in [3.63, 3.8) is 0 Å². The van der Waals surface area contributed by atoms with Crippen molar-refractivity contribution in [1.82, 2.24) is 9.36 Å². The smallest absolute Gasteiger partial charge is 0.257 e. The van der Waals surface area contributed by atoms with E-state index in [-0.39, 0.29) is 11.3 Å². The molecular formula is C17H16BrN3O2S. The number of rotatable bonds is 3. The number of hydrogen-bond acceptors (Lipinski definition) is 5. The Morgan fingerprint density at radius 2 is 1.88 bits per heavy atom. The van der Waals surface area contributed by atoms with E-state index in [9.17, 15) is 4.79 Å². The van der Waals surface area contributed by atoms with Crippen LogP contribution in [0.15, 0.2) is 45.5 Å². The van der Waals surface area contributed by atoms with Gasteiger partial charge in [-0.15, -0.1) is 0 Å². The standard InChI is InChI=1S/C17H16BrN3O2S/c1-17(2,3)11-6-4-10(5-7-11)15(22)20-16-19-14(21-24-16)12-8-9-13(18)23-12/h4-9H,1-3H3,(H,19,20,21,22). The molecule has 0 bridgehead atoms. The van der Waals surface area contributed by atoms with Crippen molar-refractivity contribution in [3.05, 3.63) is 52.2 Å². The minimum absolute atomic E-state index is 0.0560. The van der Waals surface area contributed by atoms with Crippen molar-refractivity contribution in [2.45, 2.75) is 26.2 Å². The molecule has 0 saturated carbocycles. The number of nitrogens with zero attached hydrogens (tertiary/aromatic N) is 2. The van der Waals surface area contributed by atoms with Crippen LogP contribution >= 0.6 is 27.5 Å². The van der Waals surface area contributed by atoms with Crippen molar-refractivity contribution in [3.8, 4) is 11.6 Å². The molecule has 0 aliphatic carbocycles. The normalized spacial score (nSPS) is 11.5. The summed E-state index contributed by atoms with van der Waals surface area (Å²) in [5, 5.41) is 3.20. The van der Waals surface area contributed by atoms with Gasteiger partial charge >= 0.3 is 0 Å². The van der Waals surface area contributed by atoms with Gasteiger partial charge in [-0.2, -0.15) is 9.36 Å². The van der Waals surface area contributed by atoms with E-state index < -0.39 is 0 Å². The van der Waals surface area contributed by atoms with Crippen LogP contribution in [0.25, 0.3) is 11.6 Å². The van der Waals surface area contributed by atoms with Crippen molar-refractivity contribution in [2.75, 3.05) is 5.32 Å². The van der Waals surface area contributed by atoms with Crippen LogP contribution in [-0.4, -0.2) is 15.3 Å². The Hall–Kier alpha value is -1.99. The van der Waals surface area contributed by atoms with Crippen LogP contribution in [0.1, 0.15) is 36.7 Å². The quantitative estimate of drug-likeness (QED) is 0.656. The number of carbonyl (C=O) groups is 1. The van der Waals surface area contributed by atoms with Gasteiger partial charge < -0.3 is 4.42 Å². The Labute approximate surface area is 152 Å². The van der Waals surface area contributed by atoms with E-state index >= 15 is 0 Å². The van der Waals surface area contributed by atoms with Gasteiger partial charge in [0.15, 0.2) is 10.4 Å². The van der Waals surface area contributed by atoms with Crippen molar-refractivity contribution >= 4 is 38.5 Å². The summed E-state index contributed by atoms with van der Waals surface area (Å²) in [4.78, 5) is 16.6. The zero-order valence-corrected chi connectivity index (χ0v) is 15.9. The third-order valence-electron chi connectivity index (χ3n) is 3.45. The van der Waals surface area contributed by atoms with Gasteiger partial charge in [0, 0.05) is 17.1 Å². The molecule has 124 valence electrons. The molecule has 1 N–H and O–H groups in total. The zero-order valence-electron chi connectivity index (χ0n) is 13.5. The molecule has 1 amide bonds. The van der Waals surface area contributed by atoms with Gasteiger partial charge in [0.25, 0.3) is 5.91 Å². The summed E-state index contributed by atoms with van der Waals surface area (Å²) in [5.41, 5.74) is 1.82. The Kier molecular flexibility index (Phi) is 4.56. The second-order valence-corrected chi connectivity index (χ2v) is 7.84. The molecule has 3 rings (SSSR count). The first-order chi connectivity index (χ1) is 11.3. The van der Waals surface area contributed by atoms with Crippen LogP contribution in [0, 0.1) is 0 Å². The number of anilines is 1. The van der Waals surface area contributed by atoms with E-state index in [2.05, 4.69) is 51.4 Å². The molecular weight excluding hydrogens is 390 g/mol. The summed E-state index contributed by atoms with van der Waals surface area (Å²) in [6.07, 6.45) is 0. The molecule has 2 aromatic heterocycles. The maximum absolute atomic E-state index is 12.3. The molecule has 0 unspecified atom stereocenters. The summed E-state index contributed by atoms with van der Waals surface area (Å²) in [6, 6.07) is 11.1. The van der Waals surface area contributed by atoms with E-state index in [4.69, 9.17) is 4.42 Å². The number of benzene rings is 1. The van der Waals surface area contributed by atoms with Crippen LogP contribution in [0.3, 0.4) is 0 Å². The van der Waals surface area contributed by atoms with Gasteiger partial charge in [0.1, 0.15) is 0 Å². The van der Waals surface area contributed by atoms with Gasteiger partial charge in [0.05, 0.1) is 0 Å². The highest BCUT2D eigenvalue weighted by atomic mass is 79.9. The molecule has 0 atom stereocenters. The highest BCUT2D eigenvalue weighted by molar-refractivity contribution is 9.10. The molecule has 2 heterocycles. The van der Waals surface area contributed by atoms with E-state index in [1.807, 2.05) is 24.3 Å². The van der Waals surface area contributed by atoms with E-state index in [0.29, 0.717) is 26.9 Å². The maximum Gasteiger partial charge on any atom is 0.257 e. The number of aromatic nitrogens is 2. The molecule has 0 spiro atoms. The maximum atomic E-state index is 12.3. The zero-order chi connectivity index (χ0) is 17.3. The average molecular weight is 406 g/mol. The summed E-state index contributed by atoms with van der Waals surface area (Å²) >= 11 is 4.35. The fourth-order valence-corrected chi connectivity index (χ4v) is 2.98. The lowest BCUT2D eigenvalue weighted by molar-refractivity contribution is 0.102. The molecule has 0 fully saturated rings. The average Bonchev–Trinajstić information content (AvgIpc) is 3.15. The molecule has 0 saturated heterocycles. The second-order valence-electron chi connectivity index (χ2n) is 6.31. The molecule has 24 heavy (non-hydrogen) atoms. The van der Waals surface area contributed by atoms with Crippen molar-refractivity contribution in [2.24, 2.45) is 0 Å². The monoisotopic (exact) mass is 405 g/mol. The van der Waals surface area contributed by atoms with Crippen molar-refractivity contribution < 1.29 is 9.21 Å². The number of hydrogen-bond donors (Lipinski definition) is 1. The number of furan rings is 1. The number of amides is 1. The van der Waals surface area contributed by atoms with Crippen LogP contribution in [0.2, 0.25) is 0 Å². The minimum Gasteiger partial charge on any atom is -0.446 e. The molecule has 1 aromatic carbocycles. The third-order valence-corrected chi connectivity index (χ3v) is 4.51. The molecule has 3 aromatic rings. The van der Waals surface area contributed by atoms with Gasteiger partial charge in [-0.1, -0.05) is 32.9 Å². The van der Waals surface area contributed by atoms with E-state index in [1.165, 1.54) is 5.56 Å². The predicted octanol–water partition coefficient (Wildman–Crippen LogP) is 5.11. The van der Waals surface area contributed by atoms with Gasteiger partial charge in [-0.25, -0.2) is 0 Å². The lowest BCUT2D eigenvalue weighted by atomic mass is 9.87. The van der Waals surface area contributed by atoms with Crippen LogP contribution in [0.4, 0.5) is 5.13 Å². The van der Waals surface area contributed by atoms with E-state index in [1.54, 1.807) is 12.1 Å². The topological polar surface area (TPSA) is 68.0 Å². The van der Waals surface area contributed by atoms with Crippen LogP contribution < -0.4 is 5.32 Å².